The third kappa shape index (κ3) is 1.68. The summed E-state index contributed by atoms with van der Waals surface area (Å²) >= 11 is 0. The molecule has 2 rings (SSSR count). The van der Waals surface area contributed by atoms with Gasteiger partial charge in [0.05, 0.1) is 6.61 Å². The first-order chi connectivity index (χ1) is 6.27. The van der Waals surface area contributed by atoms with Crippen molar-refractivity contribution in [1.29, 1.82) is 0 Å². The summed E-state index contributed by atoms with van der Waals surface area (Å²) < 4.78 is 5.56. The molecule has 2 N–H and O–H groups in total. The molecule has 0 radical (unpaired) electrons. The van der Waals surface area contributed by atoms with Gasteiger partial charge in [-0.05, 0) is 37.0 Å². The van der Waals surface area contributed by atoms with Crippen molar-refractivity contribution >= 4 is 0 Å². The minimum Gasteiger partial charge on any atom is -0.493 e. The zero-order valence-corrected chi connectivity index (χ0v) is 7.92. The molecule has 0 aliphatic carbocycles. The van der Waals surface area contributed by atoms with E-state index < -0.39 is 0 Å². The van der Waals surface area contributed by atoms with Crippen molar-refractivity contribution in [1.82, 2.24) is 0 Å². The quantitative estimate of drug-likeness (QED) is 0.712. The molecular formula is C11H15NO. The number of hydrogen-bond donors (Lipinski definition) is 1. The van der Waals surface area contributed by atoms with Crippen molar-refractivity contribution in [2.45, 2.75) is 25.8 Å². The number of fused-ring (bicyclic) bond motifs is 1. The van der Waals surface area contributed by atoms with Gasteiger partial charge in [-0.3, -0.25) is 0 Å². The van der Waals surface area contributed by atoms with Gasteiger partial charge in [0.15, 0.2) is 0 Å². The Balaban J connectivity index is 2.35. The minimum absolute atomic E-state index is 0.0934. The first-order valence-corrected chi connectivity index (χ1v) is 4.78. The van der Waals surface area contributed by atoms with Crippen LogP contribution in [0.15, 0.2) is 18.2 Å². The SMILES string of the molecule is C[C@H](N)c1ccc2c(c1)OCCC2. The molecule has 0 saturated carbocycles. The second-order valence-electron chi connectivity index (χ2n) is 3.61. The Morgan fingerprint density at radius 1 is 1.46 bits per heavy atom. The number of hydrogen-bond acceptors (Lipinski definition) is 2. The molecule has 70 valence electrons. The topological polar surface area (TPSA) is 35.2 Å². The fourth-order valence-corrected chi connectivity index (χ4v) is 1.64. The Morgan fingerprint density at radius 3 is 3.08 bits per heavy atom. The van der Waals surface area contributed by atoms with Crippen molar-refractivity contribution in [2.75, 3.05) is 6.61 Å². The Labute approximate surface area is 78.7 Å². The minimum atomic E-state index is 0.0934. The maximum absolute atomic E-state index is 5.79. The highest BCUT2D eigenvalue weighted by atomic mass is 16.5. The summed E-state index contributed by atoms with van der Waals surface area (Å²) in [7, 11) is 0. The zero-order valence-electron chi connectivity index (χ0n) is 7.92. The molecule has 1 aliphatic rings. The van der Waals surface area contributed by atoms with Gasteiger partial charge in [0.1, 0.15) is 5.75 Å². The Kier molecular flexibility index (Phi) is 2.23. The smallest absolute Gasteiger partial charge is 0.122 e. The van der Waals surface area contributed by atoms with E-state index in [1.807, 2.05) is 6.92 Å². The molecule has 2 nitrogen and oxygen atoms in total. The molecule has 2 heteroatoms. The Morgan fingerprint density at radius 2 is 2.31 bits per heavy atom. The molecule has 0 bridgehead atoms. The van der Waals surface area contributed by atoms with Crippen LogP contribution in [0.4, 0.5) is 0 Å². The number of nitrogens with two attached hydrogens (primary N) is 1. The predicted octanol–water partition coefficient (Wildman–Crippen LogP) is 2.03. The molecule has 1 aromatic carbocycles. The van der Waals surface area contributed by atoms with Crippen LogP contribution in [0.25, 0.3) is 0 Å². The van der Waals surface area contributed by atoms with Gasteiger partial charge >= 0.3 is 0 Å². The summed E-state index contributed by atoms with van der Waals surface area (Å²) in [6, 6.07) is 6.39. The van der Waals surface area contributed by atoms with E-state index in [2.05, 4.69) is 18.2 Å². The third-order valence-corrected chi connectivity index (χ3v) is 2.47. The average Bonchev–Trinajstić information content (AvgIpc) is 2.17. The first-order valence-electron chi connectivity index (χ1n) is 4.78. The van der Waals surface area contributed by atoms with Gasteiger partial charge in [-0.25, -0.2) is 0 Å². The summed E-state index contributed by atoms with van der Waals surface area (Å²) in [5, 5.41) is 0. The van der Waals surface area contributed by atoms with E-state index in [0.717, 1.165) is 30.8 Å². The Hall–Kier alpha value is -1.02. The second kappa shape index (κ2) is 3.38. The van der Waals surface area contributed by atoms with Crippen LogP contribution >= 0.6 is 0 Å². The number of rotatable bonds is 1. The van der Waals surface area contributed by atoms with E-state index in [0.29, 0.717) is 0 Å². The number of benzene rings is 1. The van der Waals surface area contributed by atoms with Crippen LogP contribution in [-0.2, 0) is 6.42 Å². The van der Waals surface area contributed by atoms with Crippen molar-refractivity contribution in [3.63, 3.8) is 0 Å². The second-order valence-corrected chi connectivity index (χ2v) is 3.61. The van der Waals surface area contributed by atoms with Crippen LogP contribution in [-0.4, -0.2) is 6.61 Å². The van der Waals surface area contributed by atoms with E-state index in [1.165, 1.54) is 5.56 Å². The standard InChI is InChI=1S/C11H15NO/c1-8(12)10-5-4-9-3-2-6-13-11(9)7-10/h4-5,7-8H,2-3,6,12H2,1H3/t8-/m0/s1. The van der Waals surface area contributed by atoms with Gasteiger partial charge in [-0.1, -0.05) is 12.1 Å². The van der Waals surface area contributed by atoms with E-state index in [4.69, 9.17) is 10.5 Å². The van der Waals surface area contributed by atoms with Crippen LogP contribution in [0.5, 0.6) is 5.75 Å². The lowest BCUT2D eigenvalue weighted by Crippen LogP contribution is -2.10. The number of ether oxygens (including phenoxy) is 1. The fraction of sp³-hybridized carbons (Fsp3) is 0.455. The summed E-state index contributed by atoms with van der Waals surface area (Å²) in [5.74, 6) is 1.03. The van der Waals surface area contributed by atoms with E-state index in [-0.39, 0.29) is 6.04 Å². The van der Waals surface area contributed by atoms with Crippen molar-refractivity contribution < 1.29 is 4.74 Å². The van der Waals surface area contributed by atoms with Gasteiger partial charge in [0.25, 0.3) is 0 Å². The molecule has 0 saturated heterocycles. The Bertz CT molecular complexity index is 307. The average molecular weight is 177 g/mol. The normalized spacial score (nSPS) is 17.4. The highest BCUT2D eigenvalue weighted by Gasteiger charge is 2.11. The highest BCUT2D eigenvalue weighted by molar-refractivity contribution is 5.39. The molecule has 1 heterocycles. The molecule has 0 aromatic heterocycles. The molecule has 1 aliphatic heterocycles. The zero-order chi connectivity index (χ0) is 9.26. The molecule has 0 spiro atoms. The van der Waals surface area contributed by atoms with Crippen LogP contribution in [0.1, 0.15) is 30.5 Å². The van der Waals surface area contributed by atoms with Crippen molar-refractivity contribution in [2.24, 2.45) is 5.73 Å². The van der Waals surface area contributed by atoms with Crippen LogP contribution in [0.3, 0.4) is 0 Å². The van der Waals surface area contributed by atoms with E-state index in [9.17, 15) is 0 Å². The van der Waals surface area contributed by atoms with Gasteiger partial charge in [-0.2, -0.15) is 0 Å². The monoisotopic (exact) mass is 177 g/mol. The molecule has 0 unspecified atom stereocenters. The maximum Gasteiger partial charge on any atom is 0.122 e. The molecule has 0 fully saturated rings. The molecular weight excluding hydrogens is 162 g/mol. The van der Waals surface area contributed by atoms with Gasteiger partial charge in [0.2, 0.25) is 0 Å². The van der Waals surface area contributed by atoms with Crippen LogP contribution in [0, 0.1) is 0 Å². The molecule has 1 atom stereocenters. The lowest BCUT2D eigenvalue weighted by molar-refractivity contribution is 0.288. The van der Waals surface area contributed by atoms with E-state index in [1.54, 1.807) is 0 Å². The summed E-state index contributed by atoms with van der Waals surface area (Å²) in [6.45, 7) is 2.83. The van der Waals surface area contributed by atoms with Gasteiger partial charge in [-0.15, -0.1) is 0 Å². The van der Waals surface area contributed by atoms with Crippen molar-refractivity contribution in [3.05, 3.63) is 29.3 Å². The van der Waals surface area contributed by atoms with Gasteiger partial charge < -0.3 is 10.5 Å². The summed E-state index contributed by atoms with van der Waals surface area (Å²) in [4.78, 5) is 0. The van der Waals surface area contributed by atoms with Crippen LogP contribution < -0.4 is 10.5 Å². The lowest BCUT2D eigenvalue weighted by Gasteiger charge is -2.18. The maximum atomic E-state index is 5.79. The fourth-order valence-electron chi connectivity index (χ4n) is 1.64. The molecule has 0 amide bonds. The van der Waals surface area contributed by atoms with Crippen molar-refractivity contribution in [3.8, 4) is 5.75 Å². The lowest BCUT2D eigenvalue weighted by atomic mass is 10.0. The summed E-state index contributed by atoms with van der Waals surface area (Å²) in [5.41, 5.74) is 8.26. The molecule has 1 aromatic rings. The van der Waals surface area contributed by atoms with Crippen LogP contribution in [0.2, 0.25) is 0 Å². The first kappa shape index (κ1) is 8.57. The largest absolute Gasteiger partial charge is 0.493 e. The number of aryl methyl sites for hydroxylation is 1. The predicted molar refractivity (Wildman–Crippen MR) is 52.9 cm³/mol. The van der Waals surface area contributed by atoms with E-state index >= 15 is 0 Å². The van der Waals surface area contributed by atoms with Gasteiger partial charge in [0, 0.05) is 6.04 Å². The summed E-state index contributed by atoms with van der Waals surface area (Å²) in [6.07, 6.45) is 2.26. The highest BCUT2D eigenvalue weighted by Crippen LogP contribution is 2.27. The third-order valence-electron chi connectivity index (χ3n) is 2.47. The molecule has 13 heavy (non-hydrogen) atoms.